The predicted molar refractivity (Wildman–Crippen MR) is 105 cm³/mol. The molecule has 0 aromatic heterocycles. The molecule has 0 bridgehead atoms. The van der Waals surface area contributed by atoms with Crippen molar-refractivity contribution in [2.24, 2.45) is 11.8 Å². The molecule has 3 atom stereocenters. The summed E-state index contributed by atoms with van der Waals surface area (Å²) < 4.78 is 0. The van der Waals surface area contributed by atoms with Gasteiger partial charge in [-0.3, -0.25) is 4.79 Å². The first-order chi connectivity index (χ1) is 12.4. The van der Waals surface area contributed by atoms with Crippen LogP contribution < -0.4 is 0 Å². The minimum absolute atomic E-state index is 0.145. The van der Waals surface area contributed by atoms with Crippen LogP contribution in [0.1, 0.15) is 97.3 Å². The van der Waals surface area contributed by atoms with Crippen LogP contribution in [0.15, 0.2) is 12.2 Å². The number of Topliss-reactive ketones (excluding diaryl/α,β-unsaturated/α-hetero) is 1. The molecule has 0 spiro atoms. The molecular weight excluding hydrogens is 328 g/mol. The van der Waals surface area contributed by atoms with Gasteiger partial charge in [-0.15, -0.1) is 0 Å². The van der Waals surface area contributed by atoms with E-state index in [0.29, 0.717) is 24.5 Å². The zero-order chi connectivity index (χ0) is 19.4. The fourth-order valence-corrected chi connectivity index (χ4v) is 3.79. The lowest BCUT2D eigenvalue weighted by Crippen LogP contribution is -2.34. The topological polar surface area (TPSA) is 74.6 Å². The normalized spacial score (nSPS) is 22.8. The molecule has 0 aliphatic heterocycles. The molecule has 2 N–H and O–H groups in total. The zero-order valence-corrected chi connectivity index (χ0v) is 16.7. The highest BCUT2D eigenvalue weighted by Gasteiger charge is 2.32. The van der Waals surface area contributed by atoms with Gasteiger partial charge in [0.15, 0.2) is 5.60 Å². The van der Waals surface area contributed by atoms with Crippen LogP contribution in [0.25, 0.3) is 0 Å². The number of allylic oxidation sites excluding steroid dienone is 2. The second-order valence-corrected chi connectivity index (χ2v) is 8.08. The van der Waals surface area contributed by atoms with Gasteiger partial charge in [0.25, 0.3) is 0 Å². The van der Waals surface area contributed by atoms with Crippen molar-refractivity contribution in [3.63, 3.8) is 0 Å². The number of carbonyl (C=O) groups excluding carboxylic acids is 1. The summed E-state index contributed by atoms with van der Waals surface area (Å²) in [6.45, 7) is 3.57. The van der Waals surface area contributed by atoms with Crippen LogP contribution in [0.5, 0.6) is 0 Å². The Balaban J connectivity index is 2.24. The minimum Gasteiger partial charge on any atom is -0.479 e. The number of aliphatic hydroxyl groups is 1. The highest BCUT2D eigenvalue weighted by atomic mass is 16.4. The van der Waals surface area contributed by atoms with Gasteiger partial charge in [0.1, 0.15) is 5.78 Å². The third-order valence-corrected chi connectivity index (χ3v) is 5.65. The molecule has 1 unspecified atom stereocenters. The predicted octanol–water partition coefficient (Wildman–Crippen LogP) is 5.28. The lowest BCUT2D eigenvalue weighted by molar-refractivity contribution is -0.157. The molecule has 4 nitrogen and oxygen atoms in total. The van der Waals surface area contributed by atoms with Crippen molar-refractivity contribution in [3.8, 4) is 0 Å². The number of hydrogen-bond acceptors (Lipinski definition) is 3. The van der Waals surface area contributed by atoms with Crippen LogP contribution >= 0.6 is 0 Å². The van der Waals surface area contributed by atoms with Gasteiger partial charge in [0.05, 0.1) is 0 Å². The number of rotatable bonds is 14. The van der Waals surface area contributed by atoms with E-state index < -0.39 is 11.6 Å². The first kappa shape index (κ1) is 22.9. The first-order valence-electron chi connectivity index (χ1n) is 10.5. The van der Waals surface area contributed by atoms with E-state index >= 15 is 0 Å². The first-order valence-corrected chi connectivity index (χ1v) is 10.5. The molecule has 1 rings (SSSR count). The Hall–Kier alpha value is -1.16. The maximum Gasteiger partial charge on any atom is 0.335 e. The van der Waals surface area contributed by atoms with Crippen molar-refractivity contribution >= 4 is 11.8 Å². The summed E-state index contributed by atoms with van der Waals surface area (Å²) in [6, 6.07) is 0. The van der Waals surface area contributed by atoms with E-state index in [1.54, 1.807) is 0 Å². The number of carboxylic acid groups (broad SMARTS) is 1. The highest BCUT2D eigenvalue weighted by Crippen LogP contribution is 2.34. The van der Waals surface area contributed by atoms with Crippen LogP contribution in [-0.2, 0) is 9.59 Å². The van der Waals surface area contributed by atoms with Gasteiger partial charge >= 0.3 is 5.97 Å². The molecule has 150 valence electrons. The van der Waals surface area contributed by atoms with E-state index in [0.717, 1.165) is 32.1 Å². The zero-order valence-electron chi connectivity index (χ0n) is 16.7. The van der Waals surface area contributed by atoms with Gasteiger partial charge < -0.3 is 10.2 Å². The van der Waals surface area contributed by atoms with Gasteiger partial charge in [-0.05, 0) is 51.4 Å². The van der Waals surface area contributed by atoms with Gasteiger partial charge in [0, 0.05) is 12.3 Å². The lowest BCUT2D eigenvalue weighted by atomic mass is 9.89. The smallest absolute Gasteiger partial charge is 0.335 e. The van der Waals surface area contributed by atoms with E-state index in [9.17, 15) is 14.7 Å². The van der Waals surface area contributed by atoms with Crippen molar-refractivity contribution in [1.82, 2.24) is 0 Å². The van der Waals surface area contributed by atoms with Gasteiger partial charge in [0.2, 0.25) is 0 Å². The van der Waals surface area contributed by atoms with E-state index in [-0.39, 0.29) is 12.3 Å². The monoisotopic (exact) mass is 366 g/mol. The summed E-state index contributed by atoms with van der Waals surface area (Å²) in [5, 5.41) is 18.6. The standard InChI is InChI=1S/C22H38O4/c1-3-4-5-6-7-8-10-13-18-15-16-20(23)19(18)14-11-9-12-17-22(2,26)21(24)25/h10,13,18-19,26H,3-9,11-12,14-17H2,1-2H3,(H,24,25)/t18-,19+,22?/m0/s1. The third-order valence-electron chi connectivity index (χ3n) is 5.65. The van der Waals surface area contributed by atoms with Crippen LogP contribution in [0, 0.1) is 11.8 Å². The van der Waals surface area contributed by atoms with Crippen molar-refractivity contribution in [3.05, 3.63) is 12.2 Å². The van der Waals surface area contributed by atoms with Crippen molar-refractivity contribution in [2.75, 3.05) is 0 Å². The maximum atomic E-state index is 12.2. The van der Waals surface area contributed by atoms with Gasteiger partial charge in [-0.2, -0.15) is 0 Å². The fourth-order valence-electron chi connectivity index (χ4n) is 3.79. The quantitative estimate of drug-likeness (QED) is 0.324. The third kappa shape index (κ3) is 8.48. The molecule has 0 heterocycles. The van der Waals surface area contributed by atoms with Crippen LogP contribution in [0.2, 0.25) is 0 Å². The summed E-state index contributed by atoms with van der Waals surface area (Å²) in [5.74, 6) is -0.241. The highest BCUT2D eigenvalue weighted by molar-refractivity contribution is 5.83. The van der Waals surface area contributed by atoms with Crippen LogP contribution in [-0.4, -0.2) is 27.6 Å². The summed E-state index contributed by atoms with van der Waals surface area (Å²) in [5.41, 5.74) is -1.63. The number of carbonyl (C=O) groups is 2. The Labute approximate surface area is 159 Å². The fraction of sp³-hybridized carbons (Fsp3) is 0.818. The Bertz CT molecular complexity index is 453. The second-order valence-electron chi connectivity index (χ2n) is 8.08. The molecule has 1 saturated carbocycles. The average molecular weight is 367 g/mol. The van der Waals surface area contributed by atoms with E-state index in [1.807, 2.05) is 0 Å². The molecule has 0 aromatic carbocycles. The summed E-state index contributed by atoms with van der Waals surface area (Å²) >= 11 is 0. The van der Waals surface area contributed by atoms with E-state index in [1.165, 1.54) is 39.0 Å². The Morgan fingerprint density at radius 1 is 1.15 bits per heavy atom. The number of hydrogen-bond donors (Lipinski definition) is 2. The summed E-state index contributed by atoms with van der Waals surface area (Å²) in [6.07, 6.45) is 17.4. The lowest BCUT2D eigenvalue weighted by Gasteiger charge is -2.18. The van der Waals surface area contributed by atoms with E-state index in [2.05, 4.69) is 19.1 Å². The minimum atomic E-state index is -1.63. The Morgan fingerprint density at radius 2 is 1.85 bits per heavy atom. The largest absolute Gasteiger partial charge is 0.479 e. The van der Waals surface area contributed by atoms with Crippen molar-refractivity contribution in [2.45, 2.75) is 103 Å². The van der Waals surface area contributed by atoms with Gasteiger partial charge in [-0.25, -0.2) is 4.79 Å². The molecule has 1 aliphatic carbocycles. The molecule has 0 aromatic rings. The number of unbranched alkanes of at least 4 members (excludes halogenated alkanes) is 7. The molecule has 26 heavy (non-hydrogen) atoms. The van der Waals surface area contributed by atoms with E-state index in [4.69, 9.17) is 5.11 Å². The molecule has 0 amide bonds. The van der Waals surface area contributed by atoms with Crippen molar-refractivity contribution < 1.29 is 19.8 Å². The second kappa shape index (κ2) is 12.3. The molecule has 1 aliphatic rings. The summed E-state index contributed by atoms with van der Waals surface area (Å²) in [7, 11) is 0. The molecule has 1 fully saturated rings. The molecule has 4 heteroatoms. The molecular formula is C22H38O4. The maximum absolute atomic E-state index is 12.2. The summed E-state index contributed by atoms with van der Waals surface area (Å²) in [4.78, 5) is 23.0. The number of ketones is 1. The van der Waals surface area contributed by atoms with Crippen LogP contribution in [0.4, 0.5) is 0 Å². The number of carboxylic acids is 1. The molecule has 0 saturated heterocycles. The van der Waals surface area contributed by atoms with Gasteiger partial charge in [-0.1, -0.05) is 57.6 Å². The Morgan fingerprint density at radius 3 is 2.54 bits per heavy atom. The Kier molecular flexibility index (Phi) is 10.8. The SMILES string of the molecule is CCCCCCCC=C[C@H]1CCC(=O)[C@@H]1CCCCCC(C)(O)C(=O)O. The number of aliphatic carboxylic acids is 1. The average Bonchev–Trinajstić information content (AvgIpc) is 2.94. The van der Waals surface area contributed by atoms with Crippen molar-refractivity contribution in [1.29, 1.82) is 0 Å². The van der Waals surface area contributed by atoms with Crippen LogP contribution in [0.3, 0.4) is 0 Å². The molecule has 0 radical (unpaired) electrons.